The Bertz CT molecular complexity index is 1020. The minimum absolute atomic E-state index is 0.0146. The first-order valence-electron chi connectivity index (χ1n) is 8.97. The number of hydrogen-bond acceptors (Lipinski definition) is 3. The summed E-state index contributed by atoms with van der Waals surface area (Å²) in [6.07, 6.45) is 4.29. The van der Waals surface area contributed by atoms with E-state index >= 15 is 0 Å². The van der Waals surface area contributed by atoms with Gasteiger partial charge in [-0.25, -0.2) is 0 Å². The summed E-state index contributed by atoms with van der Waals surface area (Å²) in [5.74, 6) is 1.33. The number of para-hydroxylation sites is 1. The maximum absolute atomic E-state index is 12.7. The molecular weight excluding hydrogens is 340 g/mol. The van der Waals surface area contributed by atoms with Crippen molar-refractivity contribution in [1.82, 2.24) is 9.88 Å². The molecule has 0 aliphatic carbocycles. The molecule has 1 aliphatic rings. The van der Waals surface area contributed by atoms with Crippen LogP contribution >= 0.6 is 0 Å². The summed E-state index contributed by atoms with van der Waals surface area (Å²) in [4.78, 5) is 18.1. The third-order valence-electron chi connectivity index (χ3n) is 5.02. The van der Waals surface area contributed by atoms with Crippen LogP contribution in [-0.2, 0) is 17.8 Å². The van der Waals surface area contributed by atoms with Crippen molar-refractivity contribution in [2.75, 3.05) is 20.8 Å². The average Bonchev–Trinajstić information content (AvgIpc) is 3.09. The Morgan fingerprint density at radius 2 is 1.93 bits per heavy atom. The molecule has 1 amide bonds. The molecule has 27 heavy (non-hydrogen) atoms. The van der Waals surface area contributed by atoms with Gasteiger partial charge in [0.15, 0.2) is 11.5 Å². The van der Waals surface area contributed by atoms with Crippen molar-refractivity contribution in [3.05, 3.63) is 65.4 Å². The first-order valence-corrected chi connectivity index (χ1v) is 8.97. The van der Waals surface area contributed by atoms with Gasteiger partial charge < -0.3 is 19.4 Å². The number of aromatic amines is 1. The zero-order valence-electron chi connectivity index (χ0n) is 15.5. The number of ether oxygens (including phenoxy) is 2. The van der Waals surface area contributed by atoms with Gasteiger partial charge in [-0.15, -0.1) is 0 Å². The van der Waals surface area contributed by atoms with E-state index in [4.69, 9.17) is 9.47 Å². The van der Waals surface area contributed by atoms with Crippen molar-refractivity contribution in [1.29, 1.82) is 0 Å². The Labute approximate surface area is 158 Å². The van der Waals surface area contributed by atoms with Gasteiger partial charge in [-0.2, -0.15) is 0 Å². The van der Waals surface area contributed by atoms with E-state index in [1.165, 1.54) is 16.6 Å². The van der Waals surface area contributed by atoms with Gasteiger partial charge >= 0.3 is 0 Å². The van der Waals surface area contributed by atoms with Crippen molar-refractivity contribution < 1.29 is 14.3 Å². The lowest BCUT2D eigenvalue weighted by Gasteiger charge is -2.26. The van der Waals surface area contributed by atoms with Gasteiger partial charge in [0.25, 0.3) is 0 Å². The number of H-pyrrole nitrogens is 1. The third kappa shape index (κ3) is 3.28. The zero-order valence-corrected chi connectivity index (χ0v) is 15.5. The van der Waals surface area contributed by atoms with E-state index < -0.39 is 0 Å². The van der Waals surface area contributed by atoms with Crippen molar-refractivity contribution in [3.8, 4) is 11.5 Å². The molecule has 0 bridgehead atoms. The van der Waals surface area contributed by atoms with E-state index in [9.17, 15) is 4.79 Å². The van der Waals surface area contributed by atoms with Gasteiger partial charge in [0.1, 0.15) is 0 Å². The predicted octanol–water partition coefficient (Wildman–Crippen LogP) is 3.78. The lowest BCUT2D eigenvalue weighted by atomic mass is 10.0. The number of nitrogens with zero attached hydrogens (tertiary/aromatic N) is 1. The minimum Gasteiger partial charge on any atom is -0.493 e. The van der Waals surface area contributed by atoms with Crippen molar-refractivity contribution in [2.24, 2.45) is 0 Å². The van der Waals surface area contributed by atoms with Gasteiger partial charge in [-0.05, 0) is 29.8 Å². The summed E-state index contributed by atoms with van der Waals surface area (Å²) in [6, 6.07) is 13.8. The van der Waals surface area contributed by atoms with Crippen LogP contribution in [0.2, 0.25) is 0 Å². The van der Waals surface area contributed by atoms with Gasteiger partial charge in [0.05, 0.1) is 14.2 Å². The molecule has 2 heterocycles. The van der Waals surface area contributed by atoms with Crippen LogP contribution in [0.5, 0.6) is 11.5 Å². The molecule has 5 nitrogen and oxygen atoms in total. The van der Waals surface area contributed by atoms with Gasteiger partial charge in [0, 0.05) is 47.7 Å². The van der Waals surface area contributed by atoms with Crippen LogP contribution in [0, 0.1) is 0 Å². The molecule has 2 aromatic carbocycles. The quantitative estimate of drug-likeness (QED) is 0.719. The highest BCUT2D eigenvalue weighted by Crippen LogP contribution is 2.29. The molecule has 0 atom stereocenters. The molecule has 1 aliphatic heterocycles. The van der Waals surface area contributed by atoms with Gasteiger partial charge in [0.2, 0.25) is 5.91 Å². The molecule has 0 unspecified atom stereocenters. The number of benzene rings is 2. The highest BCUT2D eigenvalue weighted by atomic mass is 16.5. The maximum atomic E-state index is 12.7. The van der Waals surface area contributed by atoms with E-state index in [-0.39, 0.29) is 5.91 Å². The van der Waals surface area contributed by atoms with Crippen LogP contribution < -0.4 is 9.47 Å². The topological polar surface area (TPSA) is 54.6 Å². The normalized spacial score (nSPS) is 13.8. The highest BCUT2D eigenvalue weighted by Gasteiger charge is 2.22. The number of nitrogens with one attached hydrogen (secondary N) is 1. The van der Waals surface area contributed by atoms with Crippen molar-refractivity contribution >= 4 is 22.9 Å². The first-order chi connectivity index (χ1) is 13.2. The molecule has 1 aromatic heterocycles. The summed E-state index contributed by atoms with van der Waals surface area (Å²) >= 11 is 0. The fraction of sp³-hybridized carbons (Fsp3) is 0.227. The monoisotopic (exact) mass is 362 g/mol. The lowest BCUT2D eigenvalue weighted by molar-refractivity contribution is -0.126. The van der Waals surface area contributed by atoms with Gasteiger partial charge in [-0.3, -0.25) is 4.79 Å². The summed E-state index contributed by atoms with van der Waals surface area (Å²) in [5.41, 5.74) is 4.50. The number of fused-ring (bicyclic) bond motifs is 3. The molecule has 1 N–H and O–H groups in total. The molecule has 138 valence electrons. The Morgan fingerprint density at radius 3 is 2.74 bits per heavy atom. The maximum Gasteiger partial charge on any atom is 0.246 e. The second-order valence-corrected chi connectivity index (χ2v) is 6.59. The molecule has 5 heteroatoms. The fourth-order valence-corrected chi connectivity index (χ4v) is 3.58. The van der Waals surface area contributed by atoms with E-state index in [1.807, 2.05) is 41.3 Å². The summed E-state index contributed by atoms with van der Waals surface area (Å²) in [5, 5.41) is 1.20. The average molecular weight is 362 g/mol. The number of aromatic nitrogens is 1. The Morgan fingerprint density at radius 1 is 1.11 bits per heavy atom. The summed E-state index contributed by atoms with van der Waals surface area (Å²) in [7, 11) is 3.20. The highest BCUT2D eigenvalue weighted by molar-refractivity contribution is 5.93. The third-order valence-corrected chi connectivity index (χ3v) is 5.02. The molecule has 0 saturated heterocycles. The number of hydrogen-bond donors (Lipinski definition) is 1. The Balaban J connectivity index is 1.51. The van der Waals surface area contributed by atoms with Crippen LogP contribution in [0.25, 0.3) is 17.0 Å². The molecule has 0 saturated carbocycles. The lowest BCUT2D eigenvalue weighted by Crippen LogP contribution is -2.34. The number of carbonyl (C=O) groups is 1. The van der Waals surface area contributed by atoms with Gasteiger partial charge in [-0.1, -0.05) is 24.3 Å². The molecule has 0 spiro atoms. The van der Waals surface area contributed by atoms with Crippen molar-refractivity contribution in [2.45, 2.75) is 13.0 Å². The van der Waals surface area contributed by atoms with Crippen LogP contribution in [0.15, 0.2) is 48.5 Å². The van der Waals surface area contributed by atoms with E-state index in [2.05, 4.69) is 17.1 Å². The number of carbonyl (C=O) groups excluding carboxylic acids is 1. The Kier molecular flexibility index (Phi) is 4.59. The Hall–Kier alpha value is -3.21. The molecule has 3 aromatic rings. The molecule has 0 radical (unpaired) electrons. The molecular formula is C22H22N2O3. The zero-order chi connectivity index (χ0) is 18.8. The molecule has 4 rings (SSSR count). The van der Waals surface area contributed by atoms with Crippen LogP contribution in [0.3, 0.4) is 0 Å². The van der Waals surface area contributed by atoms with Crippen LogP contribution in [0.1, 0.15) is 16.8 Å². The SMILES string of the molecule is COc1ccc(/C=C/C(=O)N2CCc3[nH]c4ccccc4c3C2)cc1OC. The van der Waals surface area contributed by atoms with E-state index in [1.54, 1.807) is 20.3 Å². The first kappa shape index (κ1) is 17.2. The summed E-state index contributed by atoms with van der Waals surface area (Å²) in [6.45, 7) is 1.35. The van der Waals surface area contributed by atoms with Crippen LogP contribution in [-0.4, -0.2) is 36.6 Å². The number of rotatable bonds is 4. The fourth-order valence-electron chi connectivity index (χ4n) is 3.58. The second-order valence-electron chi connectivity index (χ2n) is 6.59. The smallest absolute Gasteiger partial charge is 0.246 e. The largest absolute Gasteiger partial charge is 0.493 e. The van der Waals surface area contributed by atoms with Crippen LogP contribution in [0.4, 0.5) is 0 Å². The predicted molar refractivity (Wildman–Crippen MR) is 106 cm³/mol. The summed E-state index contributed by atoms with van der Waals surface area (Å²) < 4.78 is 10.6. The van der Waals surface area contributed by atoms with Crippen molar-refractivity contribution in [3.63, 3.8) is 0 Å². The second kappa shape index (κ2) is 7.19. The molecule has 0 fully saturated rings. The minimum atomic E-state index is 0.0146. The number of methoxy groups -OCH3 is 2. The van der Waals surface area contributed by atoms with E-state index in [0.29, 0.717) is 18.0 Å². The standard InChI is InChI=1S/C22H22N2O3/c1-26-20-9-7-15(13-21(20)27-2)8-10-22(25)24-12-11-19-17(14-24)16-5-3-4-6-18(16)23-19/h3-10,13,23H,11-12,14H2,1-2H3/b10-8+. The number of amides is 1. The van der Waals surface area contributed by atoms with E-state index in [0.717, 1.165) is 24.0 Å².